The molecule has 0 aliphatic heterocycles. The van der Waals surface area contributed by atoms with E-state index in [0.717, 1.165) is 0 Å². The zero-order valence-corrected chi connectivity index (χ0v) is 12.1. The first kappa shape index (κ1) is 16.3. The van der Waals surface area contributed by atoms with Gasteiger partial charge in [-0.1, -0.05) is 6.07 Å². The molecule has 0 aliphatic carbocycles. The van der Waals surface area contributed by atoms with Crippen LogP contribution in [0.15, 0.2) is 24.3 Å². The van der Waals surface area contributed by atoms with Crippen LogP contribution in [0.3, 0.4) is 0 Å². The van der Waals surface area contributed by atoms with Gasteiger partial charge in [0.25, 0.3) is 0 Å². The lowest BCUT2D eigenvalue weighted by Gasteiger charge is -2.08. The largest absolute Gasteiger partial charge is 0.492 e. The first-order chi connectivity index (χ1) is 9.43. The monoisotopic (exact) mass is 301 g/mol. The molecule has 0 saturated carbocycles. The predicted octanol–water partition coefficient (Wildman–Crippen LogP) is -0.297. The van der Waals surface area contributed by atoms with E-state index in [1.807, 2.05) is 0 Å². The maximum absolute atomic E-state index is 11.6. The second-order valence-corrected chi connectivity index (χ2v) is 5.98. The Morgan fingerprint density at radius 1 is 1.40 bits per heavy atom. The minimum atomic E-state index is -3.45. The Bertz CT molecular complexity index is 545. The zero-order valence-electron chi connectivity index (χ0n) is 11.3. The van der Waals surface area contributed by atoms with Gasteiger partial charge in [0, 0.05) is 31.8 Å². The van der Waals surface area contributed by atoms with Crippen molar-refractivity contribution in [1.29, 1.82) is 0 Å². The Morgan fingerprint density at radius 2 is 2.15 bits per heavy atom. The van der Waals surface area contributed by atoms with E-state index < -0.39 is 10.0 Å². The maximum Gasteiger partial charge on any atom is 0.221 e. The Hall–Kier alpha value is -1.80. The van der Waals surface area contributed by atoms with Crippen LogP contribution in [0.1, 0.15) is 6.42 Å². The minimum absolute atomic E-state index is 0.0127. The number of carbonyl (C=O) groups excluding carboxylic acids is 1. The molecular weight excluding hydrogens is 282 g/mol. The smallest absolute Gasteiger partial charge is 0.221 e. The van der Waals surface area contributed by atoms with Crippen molar-refractivity contribution in [1.82, 2.24) is 10.0 Å². The molecular formula is C12H19N3O4S. The quantitative estimate of drug-likeness (QED) is 0.571. The summed E-state index contributed by atoms with van der Waals surface area (Å²) in [6.45, 7) is 0.0824. The fourth-order valence-electron chi connectivity index (χ4n) is 1.39. The van der Waals surface area contributed by atoms with E-state index in [9.17, 15) is 13.2 Å². The van der Waals surface area contributed by atoms with Gasteiger partial charge in [-0.2, -0.15) is 0 Å². The third-order valence-electron chi connectivity index (χ3n) is 2.43. The number of hydrogen-bond donors (Lipinski definition) is 3. The molecule has 0 fully saturated rings. The SMILES string of the molecule is CNC(=O)CCNS(=O)(=O)CCOc1cccc(N)c1. The minimum Gasteiger partial charge on any atom is -0.492 e. The summed E-state index contributed by atoms with van der Waals surface area (Å²) < 4.78 is 30.8. The van der Waals surface area contributed by atoms with Gasteiger partial charge in [0.1, 0.15) is 12.4 Å². The highest BCUT2D eigenvalue weighted by Crippen LogP contribution is 2.14. The van der Waals surface area contributed by atoms with E-state index in [0.29, 0.717) is 11.4 Å². The van der Waals surface area contributed by atoms with Gasteiger partial charge >= 0.3 is 0 Å². The number of carbonyl (C=O) groups is 1. The van der Waals surface area contributed by atoms with Crippen molar-refractivity contribution in [2.24, 2.45) is 0 Å². The second kappa shape index (κ2) is 7.71. The van der Waals surface area contributed by atoms with Crippen molar-refractivity contribution in [3.05, 3.63) is 24.3 Å². The molecule has 0 atom stereocenters. The van der Waals surface area contributed by atoms with Gasteiger partial charge in [0.05, 0.1) is 5.75 Å². The summed E-state index contributed by atoms with van der Waals surface area (Å²) in [5.74, 6) is 0.115. The summed E-state index contributed by atoms with van der Waals surface area (Å²) in [6.07, 6.45) is 0.103. The lowest BCUT2D eigenvalue weighted by atomic mass is 10.3. The van der Waals surface area contributed by atoms with Crippen molar-refractivity contribution in [2.45, 2.75) is 6.42 Å². The standard InChI is InChI=1S/C12H19N3O4S/c1-14-12(16)5-6-15-20(17,18)8-7-19-11-4-2-3-10(13)9-11/h2-4,9,15H,5-8,13H2,1H3,(H,14,16). The number of nitrogen functional groups attached to an aromatic ring is 1. The van der Waals surface area contributed by atoms with Crippen LogP contribution in [0.25, 0.3) is 0 Å². The number of hydrogen-bond acceptors (Lipinski definition) is 5. The molecule has 0 saturated heterocycles. The Kier molecular flexibility index (Phi) is 6.26. The molecule has 1 aromatic carbocycles. The molecule has 0 spiro atoms. The molecule has 20 heavy (non-hydrogen) atoms. The summed E-state index contributed by atoms with van der Waals surface area (Å²) in [5.41, 5.74) is 6.12. The van der Waals surface area contributed by atoms with Gasteiger partial charge in [-0.05, 0) is 12.1 Å². The molecule has 0 unspecified atom stereocenters. The van der Waals surface area contributed by atoms with Crippen LogP contribution in [0, 0.1) is 0 Å². The van der Waals surface area contributed by atoms with Gasteiger partial charge in [-0.15, -0.1) is 0 Å². The number of nitrogens with one attached hydrogen (secondary N) is 2. The summed E-state index contributed by atoms with van der Waals surface area (Å²) in [6, 6.07) is 6.75. The second-order valence-electron chi connectivity index (χ2n) is 4.06. The summed E-state index contributed by atoms with van der Waals surface area (Å²) in [4.78, 5) is 10.9. The van der Waals surface area contributed by atoms with E-state index in [1.54, 1.807) is 24.3 Å². The van der Waals surface area contributed by atoms with Gasteiger partial charge in [0.15, 0.2) is 0 Å². The highest BCUT2D eigenvalue weighted by Gasteiger charge is 2.10. The number of ether oxygens (including phenoxy) is 1. The predicted molar refractivity (Wildman–Crippen MR) is 76.8 cm³/mol. The molecule has 8 heteroatoms. The number of sulfonamides is 1. The number of anilines is 1. The number of benzene rings is 1. The molecule has 0 bridgehead atoms. The lowest BCUT2D eigenvalue weighted by molar-refractivity contribution is -0.120. The Balaban J connectivity index is 2.31. The molecule has 112 valence electrons. The van der Waals surface area contributed by atoms with Crippen molar-refractivity contribution < 1.29 is 17.9 Å². The molecule has 1 rings (SSSR count). The molecule has 0 aliphatic rings. The van der Waals surface area contributed by atoms with E-state index in [1.165, 1.54) is 7.05 Å². The zero-order chi connectivity index (χ0) is 15.0. The van der Waals surface area contributed by atoms with Crippen LogP contribution in [0.4, 0.5) is 5.69 Å². The Morgan fingerprint density at radius 3 is 2.80 bits per heavy atom. The molecule has 7 nitrogen and oxygen atoms in total. The highest BCUT2D eigenvalue weighted by atomic mass is 32.2. The average Bonchev–Trinajstić information content (AvgIpc) is 2.38. The van der Waals surface area contributed by atoms with Gasteiger partial charge in [0.2, 0.25) is 15.9 Å². The number of rotatable bonds is 8. The van der Waals surface area contributed by atoms with Crippen LogP contribution in [0.5, 0.6) is 5.75 Å². The van der Waals surface area contributed by atoms with Crippen LogP contribution in [0.2, 0.25) is 0 Å². The van der Waals surface area contributed by atoms with Crippen molar-refractivity contribution in [3.63, 3.8) is 0 Å². The van der Waals surface area contributed by atoms with Gasteiger partial charge in [-0.25, -0.2) is 13.1 Å². The van der Waals surface area contributed by atoms with Gasteiger partial charge in [-0.3, -0.25) is 4.79 Å². The molecule has 0 radical (unpaired) electrons. The third-order valence-corrected chi connectivity index (χ3v) is 3.78. The summed E-state index contributed by atoms with van der Waals surface area (Å²) >= 11 is 0. The maximum atomic E-state index is 11.6. The first-order valence-electron chi connectivity index (χ1n) is 6.09. The topological polar surface area (TPSA) is 111 Å². The number of nitrogens with two attached hydrogens (primary N) is 1. The molecule has 0 heterocycles. The van der Waals surface area contributed by atoms with Crippen LogP contribution >= 0.6 is 0 Å². The fraction of sp³-hybridized carbons (Fsp3) is 0.417. The first-order valence-corrected chi connectivity index (χ1v) is 7.74. The van der Waals surface area contributed by atoms with Crippen LogP contribution in [-0.4, -0.2) is 40.3 Å². The van der Waals surface area contributed by atoms with Crippen LogP contribution < -0.4 is 20.5 Å². The van der Waals surface area contributed by atoms with Crippen molar-refractivity contribution in [3.8, 4) is 5.75 Å². The highest BCUT2D eigenvalue weighted by molar-refractivity contribution is 7.89. The molecule has 0 aromatic heterocycles. The van der Waals surface area contributed by atoms with Crippen molar-refractivity contribution >= 4 is 21.6 Å². The van der Waals surface area contributed by atoms with E-state index in [-0.39, 0.29) is 31.2 Å². The van der Waals surface area contributed by atoms with E-state index >= 15 is 0 Å². The molecule has 1 amide bonds. The third kappa shape index (κ3) is 6.39. The van der Waals surface area contributed by atoms with E-state index in [4.69, 9.17) is 10.5 Å². The summed E-state index contributed by atoms with van der Waals surface area (Å²) in [7, 11) is -1.96. The normalized spacial score (nSPS) is 11.1. The fourth-order valence-corrected chi connectivity index (χ4v) is 2.25. The average molecular weight is 301 g/mol. The van der Waals surface area contributed by atoms with E-state index in [2.05, 4.69) is 10.0 Å². The van der Waals surface area contributed by atoms with Crippen LogP contribution in [-0.2, 0) is 14.8 Å². The van der Waals surface area contributed by atoms with Gasteiger partial charge < -0.3 is 15.8 Å². The molecule has 4 N–H and O–H groups in total. The molecule has 1 aromatic rings. The summed E-state index contributed by atoms with van der Waals surface area (Å²) in [5, 5.41) is 2.41. The Labute approximate surface area is 118 Å². The van der Waals surface area contributed by atoms with Crippen molar-refractivity contribution in [2.75, 3.05) is 31.7 Å². The lowest BCUT2D eigenvalue weighted by Crippen LogP contribution is -2.32. The number of amides is 1.